The maximum Gasteiger partial charge on any atom is 0.0724 e. The second-order valence-electron chi connectivity index (χ2n) is 3.92. The first-order chi connectivity index (χ1) is 6.95. The van der Waals surface area contributed by atoms with Crippen LogP contribution in [-0.2, 0) is 30.7 Å². The molecule has 0 aliphatic carbocycles. The van der Waals surface area contributed by atoms with E-state index in [1.807, 2.05) is 6.20 Å². The van der Waals surface area contributed by atoms with Crippen LogP contribution in [0.1, 0.15) is 22.4 Å². The van der Waals surface area contributed by atoms with Gasteiger partial charge in [0.05, 0.1) is 13.2 Å². The summed E-state index contributed by atoms with van der Waals surface area (Å²) in [5.41, 5.74) is 5.45. The third-order valence-corrected chi connectivity index (χ3v) is 3.08. The van der Waals surface area contributed by atoms with Crippen LogP contribution in [0.15, 0.2) is 6.20 Å². The zero-order chi connectivity index (χ0) is 9.38. The number of rotatable bonds is 0. The van der Waals surface area contributed by atoms with E-state index in [-0.39, 0.29) is 0 Å². The van der Waals surface area contributed by atoms with Crippen molar-refractivity contribution in [3.05, 3.63) is 28.6 Å². The summed E-state index contributed by atoms with van der Waals surface area (Å²) in [6.07, 6.45) is 4.13. The smallest absolute Gasteiger partial charge is 0.0724 e. The first-order valence-electron chi connectivity index (χ1n) is 5.22. The Balaban J connectivity index is 2.12. The van der Waals surface area contributed by atoms with E-state index in [4.69, 9.17) is 4.74 Å². The van der Waals surface area contributed by atoms with Gasteiger partial charge in [0.15, 0.2) is 0 Å². The van der Waals surface area contributed by atoms with Crippen LogP contribution in [0.5, 0.6) is 0 Å². The predicted octanol–water partition coefficient (Wildman–Crippen LogP) is 0.800. The minimum absolute atomic E-state index is 0.780. The molecule has 0 amide bonds. The molecule has 0 bridgehead atoms. The first kappa shape index (κ1) is 8.38. The van der Waals surface area contributed by atoms with Crippen LogP contribution in [0.3, 0.4) is 0 Å². The average Bonchev–Trinajstić information content (AvgIpc) is 2.29. The van der Waals surface area contributed by atoms with Gasteiger partial charge in [0.1, 0.15) is 0 Å². The van der Waals surface area contributed by atoms with E-state index in [2.05, 4.69) is 10.3 Å². The Kier molecular flexibility index (Phi) is 2.00. The third-order valence-electron chi connectivity index (χ3n) is 3.08. The molecule has 0 saturated carbocycles. The summed E-state index contributed by atoms with van der Waals surface area (Å²) in [6, 6.07) is 0. The molecular weight excluding hydrogens is 176 g/mol. The van der Waals surface area contributed by atoms with E-state index in [1.165, 1.54) is 22.4 Å². The summed E-state index contributed by atoms with van der Waals surface area (Å²) in [4.78, 5) is 4.54. The van der Waals surface area contributed by atoms with Gasteiger partial charge in [-0.3, -0.25) is 4.98 Å². The molecule has 3 rings (SSSR count). The van der Waals surface area contributed by atoms with Crippen molar-refractivity contribution < 1.29 is 4.74 Å². The van der Waals surface area contributed by atoms with Gasteiger partial charge in [0.2, 0.25) is 0 Å². The Bertz CT molecular complexity index is 328. The van der Waals surface area contributed by atoms with Gasteiger partial charge in [-0.2, -0.15) is 0 Å². The molecule has 1 aromatic heterocycles. The zero-order valence-corrected chi connectivity index (χ0v) is 8.18. The summed E-state index contributed by atoms with van der Waals surface area (Å²) in [7, 11) is 0. The molecule has 2 aliphatic rings. The van der Waals surface area contributed by atoms with E-state index in [1.54, 1.807) is 0 Å². The average molecular weight is 190 g/mol. The Morgan fingerprint density at radius 1 is 1.29 bits per heavy atom. The van der Waals surface area contributed by atoms with Crippen molar-refractivity contribution in [1.82, 2.24) is 10.3 Å². The van der Waals surface area contributed by atoms with Gasteiger partial charge in [0.25, 0.3) is 0 Å². The van der Waals surface area contributed by atoms with Crippen molar-refractivity contribution in [2.75, 3.05) is 13.2 Å². The lowest BCUT2D eigenvalue weighted by molar-refractivity contribution is 0.109. The second kappa shape index (κ2) is 3.33. The third kappa shape index (κ3) is 1.24. The van der Waals surface area contributed by atoms with Crippen LogP contribution in [0.2, 0.25) is 0 Å². The van der Waals surface area contributed by atoms with Gasteiger partial charge in [-0.25, -0.2) is 0 Å². The van der Waals surface area contributed by atoms with E-state index >= 15 is 0 Å². The lowest BCUT2D eigenvalue weighted by Crippen LogP contribution is -2.27. The number of aromatic nitrogens is 1. The lowest BCUT2D eigenvalue weighted by Gasteiger charge is -2.24. The monoisotopic (exact) mass is 190 g/mol. The molecule has 14 heavy (non-hydrogen) atoms. The maximum atomic E-state index is 5.51. The van der Waals surface area contributed by atoms with Crippen molar-refractivity contribution in [3.63, 3.8) is 0 Å². The minimum Gasteiger partial charge on any atom is -0.376 e. The van der Waals surface area contributed by atoms with Gasteiger partial charge in [-0.15, -0.1) is 0 Å². The molecule has 0 radical (unpaired) electrons. The number of nitrogens with zero attached hydrogens (tertiary/aromatic N) is 1. The van der Waals surface area contributed by atoms with Crippen LogP contribution in [-0.4, -0.2) is 18.1 Å². The standard InChI is InChI=1S/C11H14N2O/c1-3-12-6-9-10-7-14-4-2-8(10)5-13-11(1)9/h5,12H,1-4,6-7H2. The fourth-order valence-electron chi connectivity index (χ4n) is 2.28. The highest BCUT2D eigenvalue weighted by Gasteiger charge is 2.19. The highest BCUT2D eigenvalue weighted by atomic mass is 16.5. The Labute approximate surface area is 83.5 Å². The Morgan fingerprint density at radius 2 is 2.29 bits per heavy atom. The molecule has 0 unspecified atom stereocenters. The fourth-order valence-corrected chi connectivity index (χ4v) is 2.28. The van der Waals surface area contributed by atoms with E-state index in [0.717, 1.165) is 39.1 Å². The molecule has 1 N–H and O–H groups in total. The number of ether oxygens (including phenoxy) is 1. The highest BCUT2D eigenvalue weighted by Crippen LogP contribution is 2.24. The molecule has 2 aliphatic heterocycles. The summed E-state index contributed by atoms with van der Waals surface area (Å²) in [5.74, 6) is 0. The molecule has 3 heterocycles. The topological polar surface area (TPSA) is 34.1 Å². The van der Waals surface area contributed by atoms with E-state index < -0.39 is 0 Å². The van der Waals surface area contributed by atoms with Crippen LogP contribution in [0.25, 0.3) is 0 Å². The summed E-state index contributed by atoms with van der Waals surface area (Å²) in [6.45, 7) is 3.65. The zero-order valence-electron chi connectivity index (χ0n) is 8.18. The van der Waals surface area contributed by atoms with Crippen molar-refractivity contribution >= 4 is 0 Å². The number of pyridine rings is 1. The Hall–Kier alpha value is -0.930. The highest BCUT2D eigenvalue weighted by molar-refractivity contribution is 5.38. The normalized spacial score (nSPS) is 20.0. The second-order valence-corrected chi connectivity index (χ2v) is 3.92. The van der Waals surface area contributed by atoms with Gasteiger partial charge < -0.3 is 10.1 Å². The van der Waals surface area contributed by atoms with Gasteiger partial charge in [0, 0.05) is 31.4 Å². The largest absolute Gasteiger partial charge is 0.376 e. The molecule has 1 aromatic rings. The van der Waals surface area contributed by atoms with Crippen LogP contribution in [0, 0.1) is 0 Å². The molecule has 74 valence electrons. The lowest BCUT2D eigenvalue weighted by atomic mass is 9.95. The van der Waals surface area contributed by atoms with Crippen molar-refractivity contribution in [3.8, 4) is 0 Å². The van der Waals surface area contributed by atoms with Crippen molar-refractivity contribution in [1.29, 1.82) is 0 Å². The molecule has 0 spiro atoms. The maximum absolute atomic E-state index is 5.51. The molecule has 3 nitrogen and oxygen atoms in total. The molecule has 0 fully saturated rings. The number of hydrogen-bond acceptors (Lipinski definition) is 3. The Morgan fingerprint density at radius 3 is 3.29 bits per heavy atom. The molecule has 0 aromatic carbocycles. The number of hydrogen-bond donors (Lipinski definition) is 1. The molecular formula is C11H14N2O. The van der Waals surface area contributed by atoms with Crippen LogP contribution >= 0.6 is 0 Å². The predicted molar refractivity (Wildman–Crippen MR) is 53.0 cm³/mol. The molecule has 0 atom stereocenters. The van der Waals surface area contributed by atoms with E-state index in [0.29, 0.717) is 0 Å². The fraction of sp³-hybridized carbons (Fsp3) is 0.545. The van der Waals surface area contributed by atoms with E-state index in [9.17, 15) is 0 Å². The molecule has 0 saturated heterocycles. The quantitative estimate of drug-likeness (QED) is 0.657. The number of fused-ring (bicyclic) bond motifs is 3. The van der Waals surface area contributed by atoms with Gasteiger partial charge in [-0.05, 0) is 23.1 Å². The summed E-state index contributed by atoms with van der Waals surface area (Å²) in [5, 5.41) is 3.40. The summed E-state index contributed by atoms with van der Waals surface area (Å²) < 4.78 is 5.51. The van der Waals surface area contributed by atoms with Crippen LogP contribution in [0.4, 0.5) is 0 Å². The number of nitrogens with one attached hydrogen (secondary N) is 1. The SMILES string of the molecule is c1nc2c(c3c1CCOC3)CNCC2. The van der Waals surface area contributed by atoms with Gasteiger partial charge in [-0.1, -0.05) is 0 Å². The first-order valence-corrected chi connectivity index (χ1v) is 5.22. The van der Waals surface area contributed by atoms with Crippen molar-refractivity contribution in [2.24, 2.45) is 0 Å². The van der Waals surface area contributed by atoms with Crippen LogP contribution < -0.4 is 5.32 Å². The molecule has 3 heteroatoms. The summed E-state index contributed by atoms with van der Waals surface area (Å²) >= 11 is 0. The van der Waals surface area contributed by atoms with Gasteiger partial charge >= 0.3 is 0 Å². The van der Waals surface area contributed by atoms with Crippen molar-refractivity contribution in [2.45, 2.75) is 26.0 Å². The minimum atomic E-state index is 0.780.